The van der Waals surface area contributed by atoms with Gasteiger partial charge < -0.3 is 25.3 Å². The Labute approximate surface area is 148 Å². The number of thiazole rings is 1. The molecular weight excluding hydrogens is 352 g/mol. The van der Waals surface area contributed by atoms with E-state index in [0.717, 1.165) is 11.3 Å². The monoisotopic (exact) mass is 372 g/mol. The fraction of sp³-hybridized carbons (Fsp3) is 0.500. The van der Waals surface area contributed by atoms with Crippen LogP contribution < -0.4 is 10.6 Å². The van der Waals surface area contributed by atoms with E-state index in [4.69, 9.17) is 9.84 Å². The lowest BCUT2D eigenvalue weighted by atomic mass is 10.2. The Morgan fingerprint density at radius 2 is 2.00 bits per heavy atom. The zero-order chi connectivity index (χ0) is 19.2. The normalized spacial score (nSPS) is 12.9. The average Bonchev–Trinajstić information content (AvgIpc) is 2.90. The second-order valence-corrected chi connectivity index (χ2v) is 6.68. The smallest absolute Gasteiger partial charge is 0.408 e. The summed E-state index contributed by atoms with van der Waals surface area (Å²) < 4.78 is 5.06. The molecule has 1 aromatic heterocycles. The van der Waals surface area contributed by atoms with E-state index >= 15 is 0 Å². The SMILES string of the molecule is CON=C(C(=O)O)c1csc(NC(=O)C(C)NC(=O)OC(C)(C)C)n1. The number of carbonyl (C=O) groups is 3. The van der Waals surface area contributed by atoms with Crippen molar-refractivity contribution in [3.05, 3.63) is 11.1 Å². The van der Waals surface area contributed by atoms with Gasteiger partial charge in [-0.1, -0.05) is 5.16 Å². The average molecular weight is 372 g/mol. The van der Waals surface area contributed by atoms with Crippen molar-refractivity contribution < 1.29 is 29.1 Å². The summed E-state index contributed by atoms with van der Waals surface area (Å²) in [6.45, 7) is 6.59. The Morgan fingerprint density at radius 1 is 1.36 bits per heavy atom. The van der Waals surface area contributed by atoms with Crippen LogP contribution in [0.2, 0.25) is 0 Å². The molecule has 0 aliphatic rings. The molecule has 1 aromatic rings. The second-order valence-electron chi connectivity index (χ2n) is 5.82. The van der Waals surface area contributed by atoms with Crippen LogP contribution in [-0.4, -0.2) is 52.5 Å². The molecule has 0 spiro atoms. The molecule has 0 aromatic carbocycles. The first-order chi connectivity index (χ1) is 11.5. The summed E-state index contributed by atoms with van der Waals surface area (Å²) >= 11 is 1.01. The standard InChI is InChI=1S/C14H20N4O6S/c1-7(15-13(22)24-14(2,3)4)10(19)17-12-16-8(6-25-12)9(11(20)21)18-23-5/h6-7H,1-5H3,(H,15,22)(H,20,21)(H,16,17,19). The summed E-state index contributed by atoms with van der Waals surface area (Å²) in [5.74, 6) is -1.85. The number of aliphatic carboxylic acids is 1. The summed E-state index contributed by atoms with van der Waals surface area (Å²) in [5, 5.41) is 18.8. The number of nitrogens with one attached hydrogen (secondary N) is 2. The lowest BCUT2D eigenvalue weighted by Crippen LogP contribution is -2.43. The second kappa shape index (κ2) is 8.42. The molecule has 138 valence electrons. The number of carboxylic acids is 1. The summed E-state index contributed by atoms with van der Waals surface area (Å²) in [6, 6.07) is -0.881. The Hall–Kier alpha value is -2.69. The van der Waals surface area contributed by atoms with Crippen molar-refractivity contribution in [3.63, 3.8) is 0 Å². The van der Waals surface area contributed by atoms with E-state index in [1.807, 2.05) is 0 Å². The van der Waals surface area contributed by atoms with Crippen LogP contribution in [0.5, 0.6) is 0 Å². The van der Waals surface area contributed by atoms with Crippen LogP contribution in [-0.2, 0) is 19.2 Å². The molecule has 25 heavy (non-hydrogen) atoms. The maximum absolute atomic E-state index is 12.1. The Balaban J connectivity index is 2.70. The summed E-state index contributed by atoms with van der Waals surface area (Å²) in [7, 11) is 1.21. The summed E-state index contributed by atoms with van der Waals surface area (Å²) in [4.78, 5) is 43.2. The first-order valence-corrected chi connectivity index (χ1v) is 8.02. The van der Waals surface area contributed by atoms with E-state index in [1.54, 1.807) is 20.8 Å². The van der Waals surface area contributed by atoms with Crippen LogP contribution in [0.15, 0.2) is 10.5 Å². The number of hydrogen-bond donors (Lipinski definition) is 3. The molecule has 10 nitrogen and oxygen atoms in total. The molecule has 0 fully saturated rings. The van der Waals surface area contributed by atoms with Gasteiger partial charge in [0.15, 0.2) is 5.13 Å². The van der Waals surface area contributed by atoms with Crippen molar-refractivity contribution in [2.24, 2.45) is 5.16 Å². The topological polar surface area (TPSA) is 139 Å². The molecule has 11 heteroatoms. The molecule has 0 bridgehead atoms. The van der Waals surface area contributed by atoms with Crippen molar-refractivity contribution in [2.75, 3.05) is 12.4 Å². The van der Waals surface area contributed by atoms with Crippen molar-refractivity contribution >= 4 is 40.1 Å². The zero-order valence-electron chi connectivity index (χ0n) is 14.4. The molecule has 0 saturated heterocycles. The van der Waals surface area contributed by atoms with Crippen LogP contribution in [0.1, 0.15) is 33.4 Å². The molecule has 2 amide bonds. The van der Waals surface area contributed by atoms with Crippen LogP contribution in [0, 0.1) is 0 Å². The van der Waals surface area contributed by atoms with Gasteiger partial charge in [0.05, 0.1) is 0 Å². The summed E-state index contributed by atoms with van der Waals surface area (Å²) in [5.41, 5.74) is -1.03. The van der Waals surface area contributed by atoms with E-state index in [1.165, 1.54) is 19.4 Å². The van der Waals surface area contributed by atoms with E-state index < -0.39 is 29.6 Å². The third-order valence-corrected chi connectivity index (χ3v) is 3.25. The molecule has 3 N–H and O–H groups in total. The van der Waals surface area contributed by atoms with Gasteiger partial charge in [0.25, 0.3) is 0 Å². The number of aromatic nitrogens is 1. The van der Waals surface area contributed by atoms with Crippen LogP contribution in [0.4, 0.5) is 9.93 Å². The van der Waals surface area contributed by atoms with Gasteiger partial charge in [0, 0.05) is 5.38 Å². The van der Waals surface area contributed by atoms with Crippen LogP contribution in [0.25, 0.3) is 0 Å². The fourth-order valence-corrected chi connectivity index (χ4v) is 2.19. The molecule has 0 saturated carbocycles. The van der Waals surface area contributed by atoms with Crippen molar-refractivity contribution in [3.8, 4) is 0 Å². The van der Waals surface area contributed by atoms with Crippen molar-refractivity contribution in [1.82, 2.24) is 10.3 Å². The highest BCUT2D eigenvalue weighted by Gasteiger charge is 2.22. The largest absolute Gasteiger partial charge is 0.476 e. The number of rotatable bonds is 6. The number of hydrogen-bond acceptors (Lipinski definition) is 8. The predicted octanol–water partition coefficient (Wildman–Crippen LogP) is 1.43. The minimum atomic E-state index is -1.31. The highest BCUT2D eigenvalue weighted by molar-refractivity contribution is 7.14. The molecule has 0 radical (unpaired) electrons. The molecule has 0 aliphatic heterocycles. The Bertz CT molecular complexity index is 679. The number of oxime groups is 1. The van der Waals surface area contributed by atoms with E-state index in [2.05, 4.69) is 25.6 Å². The Morgan fingerprint density at radius 3 is 2.52 bits per heavy atom. The van der Waals surface area contributed by atoms with E-state index in [-0.39, 0.29) is 16.5 Å². The fourth-order valence-electron chi connectivity index (χ4n) is 1.49. The maximum atomic E-state index is 12.1. The quantitative estimate of drug-likeness (QED) is 0.507. The molecule has 0 aliphatic carbocycles. The van der Waals surface area contributed by atoms with Gasteiger partial charge in [-0.2, -0.15) is 0 Å². The molecule has 1 rings (SSSR count). The predicted molar refractivity (Wildman–Crippen MR) is 90.8 cm³/mol. The number of alkyl carbamates (subject to hydrolysis) is 1. The van der Waals surface area contributed by atoms with Gasteiger partial charge in [0.2, 0.25) is 11.6 Å². The minimum Gasteiger partial charge on any atom is -0.476 e. The van der Waals surface area contributed by atoms with Gasteiger partial charge in [-0.05, 0) is 27.7 Å². The van der Waals surface area contributed by atoms with E-state index in [0.29, 0.717) is 0 Å². The third kappa shape index (κ3) is 6.75. The van der Waals surface area contributed by atoms with Crippen molar-refractivity contribution in [1.29, 1.82) is 0 Å². The maximum Gasteiger partial charge on any atom is 0.408 e. The zero-order valence-corrected chi connectivity index (χ0v) is 15.3. The number of anilines is 1. The van der Waals surface area contributed by atoms with Gasteiger partial charge in [-0.15, -0.1) is 11.3 Å². The number of carboxylic acid groups (broad SMARTS) is 1. The van der Waals surface area contributed by atoms with Crippen LogP contribution in [0.3, 0.4) is 0 Å². The number of nitrogens with zero attached hydrogens (tertiary/aromatic N) is 2. The minimum absolute atomic E-state index is 0.0439. The molecular formula is C14H20N4O6S. The number of amides is 2. The summed E-state index contributed by atoms with van der Waals surface area (Å²) in [6.07, 6.45) is -0.727. The lowest BCUT2D eigenvalue weighted by Gasteiger charge is -2.21. The first-order valence-electron chi connectivity index (χ1n) is 7.14. The highest BCUT2D eigenvalue weighted by Crippen LogP contribution is 2.17. The van der Waals surface area contributed by atoms with Crippen molar-refractivity contribution in [2.45, 2.75) is 39.3 Å². The van der Waals surface area contributed by atoms with Gasteiger partial charge in [-0.25, -0.2) is 14.6 Å². The van der Waals surface area contributed by atoms with E-state index in [9.17, 15) is 14.4 Å². The van der Waals surface area contributed by atoms with Gasteiger partial charge in [0.1, 0.15) is 24.4 Å². The molecule has 1 heterocycles. The third-order valence-electron chi connectivity index (χ3n) is 2.49. The van der Waals surface area contributed by atoms with Gasteiger partial charge in [-0.3, -0.25) is 4.79 Å². The highest BCUT2D eigenvalue weighted by atomic mass is 32.1. The number of carbonyl (C=O) groups excluding carboxylic acids is 2. The van der Waals surface area contributed by atoms with Crippen LogP contribution >= 0.6 is 11.3 Å². The van der Waals surface area contributed by atoms with Gasteiger partial charge >= 0.3 is 12.1 Å². The first kappa shape index (κ1) is 20.4. The lowest BCUT2D eigenvalue weighted by molar-refractivity contribution is -0.129. The molecule has 1 unspecified atom stereocenters. The molecule has 1 atom stereocenters. The Kier molecular flexibility index (Phi) is 6.86. The number of ether oxygens (including phenoxy) is 1.